The zero-order chi connectivity index (χ0) is 35.6. The Morgan fingerprint density at radius 2 is 0.860 bits per heavy atom. The number of ether oxygens (including phenoxy) is 6. The van der Waals surface area contributed by atoms with Crippen molar-refractivity contribution in [1.82, 2.24) is 0 Å². The van der Waals surface area contributed by atoms with Crippen LogP contribution >= 0.6 is 0 Å². The van der Waals surface area contributed by atoms with Crippen LogP contribution in [0.1, 0.15) is 59.2 Å². The summed E-state index contributed by atoms with van der Waals surface area (Å²) in [6.45, 7) is 8.39. The maximum atomic E-state index is 13.0. The summed E-state index contributed by atoms with van der Waals surface area (Å²) in [4.78, 5) is 48.1. The highest BCUT2D eigenvalue weighted by Gasteiger charge is 2.16. The smallest absolute Gasteiger partial charge is 0.343 e. The monoisotopic (exact) mass is 680 g/mol. The predicted molar refractivity (Wildman–Crippen MR) is 188 cm³/mol. The van der Waals surface area contributed by atoms with Crippen LogP contribution in [0.5, 0.6) is 23.0 Å². The molecule has 0 aliphatic carbocycles. The standard InChI is InChI=1S/C40H40O10/c1-3-37(41)47-27-11-5-9-25-45-31-19-15-29(16-20-31)39(43)49-35-23-24-36(34-14-8-7-13-33(34)35)50-40(44)30-17-21-32(22-18-30)46-26-10-6-12-28-48-38(42)4-2/h3-4,7-8,13-24H,1-2,5-6,9-12,25-28H2. The van der Waals surface area contributed by atoms with E-state index in [9.17, 15) is 19.2 Å². The molecule has 0 radical (unpaired) electrons. The van der Waals surface area contributed by atoms with Gasteiger partial charge in [0.2, 0.25) is 0 Å². The lowest BCUT2D eigenvalue weighted by Gasteiger charge is -2.12. The van der Waals surface area contributed by atoms with Gasteiger partial charge in [0.25, 0.3) is 0 Å². The lowest BCUT2D eigenvalue weighted by atomic mass is 10.1. The minimum atomic E-state index is -0.545. The van der Waals surface area contributed by atoms with Crippen molar-refractivity contribution in [3.63, 3.8) is 0 Å². The van der Waals surface area contributed by atoms with Gasteiger partial charge < -0.3 is 28.4 Å². The molecule has 0 spiro atoms. The summed E-state index contributed by atoms with van der Waals surface area (Å²) in [5.74, 6) is -0.0545. The first kappa shape index (κ1) is 36.9. The molecule has 0 amide bonds. The number of esters is 4. The number of fused-ring (bicyclic) bond motifs is 1. The van der Waals surface area contributed by atoms with Crippen LogP contribution in [-0.2, 0) is 19.1 Å². The molecule has 10 heteroatoms. The van der Waals surface area contributed by atoms with Crippen molar-refractivity contribution in [2.75, 3.05) is 26.4 Å². The van der Waals surface area contributed by atoms with Crippen LogP contribution in [0.2, 0.25) is 0 Å². The summed E-state index contributed by atoms with van der Waals surface area (Å²) >= 11 is 0. The fourth-order valence-corrected chi connectivity index (χ4v) is 4.72. The normalized spacial score (nSPS) is 10.5. The summed E-state index contributed by atoms with van der Waals surface area (Å²) in [7, 11) is 0. The molecule has 0 saturated carbocycles. The second-order valence-corrected chi connectivity index (χ2v) is 11.0. The fourth-order valence-electron chi connectivity index (χ4n) is 4.72. The molecule has 4 aromatic carbocycles. The third kappa shape index (κ3) is 11.7. The maximum Gasteiger partial charge on any atom is 0.343 e. The van der Waals surface area contributed by atoms with Gasteiger partial charge >= 0.3 is 23.9 Å². The van der Waals surface area contributed by atoms with E-state index in [1.807, 2.05) is 12.1 Å². The Hall–Kier alpha value is -5.90. The van der Waals surface area contributed by atoms with Crippen LogP contribution in [-0.4, -0.2) is 50.3 Å². The van der Waals surface area contributed by atoms with Crippen LogP contribution < -0.4 is 18.9 Å². The van der Waals surface area contributed by atoms with Gasteiger partial charge in [-0.3, -0.25) is 0 Å². The topological polar surface area (TPSA) is 124 Å². The van der Waals surface area contributed by atoms with E-state index in [4.69, 9.17) is 28.4 Å². The highest BCUT2D eigenvalue weighted by molar-refractivity contribution is 6.00. The van der Waals surface area contributed by atoms with Gasteiger partial charge in [0.05, 0.1) is 37.6 Å². The molecule has 4 rings (SSSR count). The molecule has 0 aromatic heterocycles. The fraction of sp³-hybridized carbons (Fsp3) is 0.250. The molecule has 0 unspecified atom stereocenters. The number of benzene rings is 4. The van der Waals surface area contributed by atoms with Gasteiger partial charge in [0.1, 0.15) is 23.0 Å². The molecule has 0 aliphatic rings. The molecule has 0 saturated heterocycles. The van der Waals surface area contributed by atoms with E-state index in [0.29, 0.717) is 71.3 Å². The number of hydrogen-bond acceptors (Lipinski definition) is 10. The molecule has 0 N–H and O–H groups in total. The van der Waals surface area contributed by atoms with Crippen molar-refractivity contribution in [2.24, 2.45) is 0 Å². The van der Waals surface area contributed by atoms with E-state index < -0.39 is 23.9 Å². The first-order valence-corrected chi connectivity index (χ1v) is 16.4. The minimum Gasteiger partial charge on any atom is -0.494 e. The van der Waals surface area contributed by atoms with Crippen LogP contribution in [0, 0.1) is 0 Å². The lowest BCUT2D eigenvalue weighted by molar-refractivity contribution is -0.138. The van der Waals surface area contributed by atoms with Gasteiger partial charge in [0.15, 0.2) is 0 Å². The molecule has 0 atom stereocenters. The van der Waals surface area contributed by atoms with Crippen molar-refractivity contribution in [1.29, 1.82) is 0 Å². The van der Waals surface area contributed by atoms with Gasteiger partial charge in [-0.15, -0.1) is 0 Å². The molecule has 260 valence electrons. The van der Waals surface area contributed by atoms with Crippen LogP contribution in [0.25, 0.3) is 10.8 Å². The molecule has 0 aliphatic heterocycles. The van der Waals surface area contributed by atoms with Gasteiger partial charge in [-0.05, 0) is 99.2 Å². The van der Waals surface area contributed by atoms with Gasteiger partial charge in [0, 0.05) is 22.9 Å². The Bertz CT molecular complexity index is 1630. The first-order valence-electron chi connectivity index (χ1n) is 16.4. The van der Waals surface area contributed by atoms with E-state index in [2.05, 4.69) is 13.2 Å². The largest absolute Gasteiger partial charge is 0.494 e. The van der Waals surface area contributed by atoms with E-state index >= 15 is 0 Å². The maximum absolute atomic E-state index is 13.0. The molecule has 10 nitrogen and oxygen atoms in total. The van der Waals surface area contributed by atoms with Gasteiger partial charge in [-0.1, -0.05) is 37.4 Å². The zero-order valence-corrected chi connectivity index (χ0v) is 27.8. The number of carbonyl (C=O) groups is 4. The minimum absolute atomic E-state index is 0.323. The highest BCUT2D eigenvalue weighted by Crippen LogP contribution is 2.34. The molecule has 0 heterocycles. The number of unbranched alkanes of at least 4 members (excludes halogenated alkanes) is 4. The average molecular weight is 681 g/mol. The number of rotatable bonds is 20. The zero-order valence-electron chi connectivity index (χ0n) is 27.8. The average Bonchev–Trinajstić information content (AvgIpc) is 3.15. The summed E-state index contributed by atoms with van der Waals surface area (Å²) in [5.41, 5.74) is 0.694. The van der Waals surface area contributed by atoms with Crippen molar-refractivity contribution < 1.29 is 47.6 Å². The van der Waals surface area contributed by atoms with E-state index in [0.717, 1.165) is 50.7 Å². The van der Waals surface area contributed by atoms with E-state index in [1.54, 1.807) is 72.8 Å². The first-order chi connectivity index (χ1) is 24.4. The second kappa shape index (κ2) is 19.8. The highest BCUT2D eigenvalue weighted by atomic mass is 16.5. The molecule has 50 heavy (non-hydrogen) atoms. The lowest BCUT2D eigenvalue weighted by Crippen LogP contribution is -2.10. The van der Waals surface area contributed by atoms with Crippen LogP contribution in [0.4, 0.5) is 0 Å². The third-order valence-corrected chi connectivity index (χ3v) is 7.37. The molecular formula is C40H40O10. The van der Waals surface area contributed by atoms with E-state index in [1.165, 1.54) is 0 Å². The molecule has 0 fully saturated rings. The Morgan fingerprint density at radius 1 is 0.480 bits per heavy atom. The molecule has 0 bridgehead atoms. The summed E-state index contributed by atoms with van der Waals surface area (Å²) in [6, 6.07) is 23.7. The van der Waals surface area contributed by atoms with Gasteiger partial charge in [-0.2, -0.15) is 0 Å². The molecular weight excluding hydrogens is 640 g/mol. The Kier molecular flexibility index (Phi) is 14.6. The quantitative estimate of drug-likeness (QED) is 0.0395. The summed E-state index contributed by atoms with van der Waals surface area (Å²) in [5, 5.41) is 1.21. The third-order valence-electron chi connectivity index (χ3n) is 7.37. The predicted octanol–water partition coefficient (Wildman–Crippen LogP) is 7.83. The van der Waals surface area contributed by atoms with Gasteiger partial charge in [-0.25, -0.2) is 19.2 Å². The Morgan fingerprint density at radius 3 is 1.24 bits per heavy atom. The summed E-state index contributed by atoms with van der Waals surface area (Å²) in [6.07, 6.45) is 7.00. The number of carbonyl (C=O) groups excluding carboxylic acids is 4. The van der Waals surface area contributed by atoms with Crippen molar-refractivity contribution in [3.8, 4) is 23.0 Å². The second-order valence-electron chi connectivity index (χ2n) is 11.0. The molecule has 4 aromatic rings. The SMILES string of the molecule is C=CC(=O)OCCCCCOc1ccc(C(=O)Oc2ccc(OC(=O)c3ccc(OCCCCCOC(=O)C=C)cc3)c3ccccc23)cc1. The Balaban J connectivity index is 1.26. The Labute approximate surface area is 291 Å². The van der Waals surface area contributed by atoms with Crippen molar-refractivity contribution >= 4 is 34.6 Å². The number of hydrogen-bond donors (Lipinski definition) is 0. The summed E-state index contributed by atoms with van der Waals surface area (Å²) < 4.78 is 32.9. The van der Waals surface area contributed by atoms with Crippen LogP contribution in [0.3, 0.4) is 0 Å². The van der Waals surface area contributed by atoms with Crippen molar-refractivity contribution in [2.45, 2.75) is 38.5 Å². The van der Waals surface area contributed by atoms with Crippen LogP contribution in [0.15, 0.2) is 110 Å². The van der Waals surface area contributed by atoms with E-state index in [-0.39, 0.29) is 0 Å². The van der Waals surface area contributed by atoms with Crippen molar-refractivity contribution in [3.05, 3.63) is 121 Å².